The highest BCUT2D eigenvalue weighted by molar-refractivity contribution is 7.99. The molecule has 1 aliphatic rings. The van der Waals surface area contributed by atoms with Gasteiger partial charge >= 0.3 is 0 Å². The molecule has 0 amide bonds. The number of nitrogen functional groups attached to an aromatic ring is 1. The summed E-state index contributed by atoms with van der Waals surface area (Å²) in [5, 5.41) is 1.41. The van der Waals surface area contributed by atoms with E-state index in [1.54, 1.807) is 14.2 Å². The predicted molar refractivity (Wildman–Crippen MR) is 105 cm³/mol. The summed E-state index contributed by atoms with van der Waals surface area (Å²) in [6, 6.07) is 3.71. The molecule has 0 bridgehead atoms. The van der Waals surface area contributed by atoms with Crippen LogP contribution in [0.4, 0.5) is 11.8 Å². The molecule has 1 aromatic carbocycles. The Morgan fingerprint density at radius 2 is 1.96 bits per heavy atom. The van der Waals surface area contributed by atoms with Gasteiger partial charge < -0.3 is 20.1 Å². The molecule has 1 aromatic heterocycles. The van der Waals surface area contributed by atoms with Crippen LogP contribution in [0, 0.1) is 0 Å². The first kappa shape index (κ1) is 17.9. The summed E-state index contributed by atoms with van der Waals surface area (Å²) in [5.74, 6) is 3.60. The lowest BCUT2D eigenvalue weighted by Crippen LogP contribution is -2.31. The number of thioether (sulfide) groups is 1. The molecule has 1 fully saturated rings. The van der Waals surface area contributed by atoms with Crippen molar-refractivity contribution in [2.24, 2.45) is 0 Å². The van der Waals surface area contributed by atoms with Crippen molar-refractivity contribution in [1.82, 2.24) is 9.97 Å². The van der Waals surface area contributed by atoms with Crippen LogP contribution in [0.3, 0.4) is 0 Å². The Labute approximate surface area is 153 Å². The smallest absolute Gasteiger partial charge is 0.227 e. The number of hydrogen-bond acceptors (Lipinski definition) is 7. The monoisotopic (exact) mass is 362 g/mol. The molecule has 0 aliphatic carbocycles. The topological polar surface area (TPSA) is 73.5 Å². The fourth-order valence-electron chi connectivity index (χ4n) is 3.26. The highest BCUT2D eigenvalue weighted by atomic mass is 32.2. The van der Waals surface area contributed by atoms with Crippen LogP contribution < -0.4 is 20.1 Å². The summed E-state index contributed by atoms with van der Waals surface area (Å²) in [5.41, 5.74) is 7.01. The van der Waals surface area contributed by atoms with Crippen LogP contribution in [0.5, 0.6) is 11.5 Å². The Kier molecular flexibility index (Phi) is 5.73. The Balaban J connectivity index is 1.98. The minimum atomic E-state index is 0.477. The number of benzene rings is 1. The number of nitrogens with two attached hydrogens (primary N) is 1. The third-order valence-corrected chi connectivity index (χ3v) is 5.72. The Morgan fingerprint density at radius 1 is 1.20 bits per heavy atom. The molecule has 1 aliphatic heterocycles. The van der Waals surface area contributed by atoms with Gasteiger partial charge in [-0.2, -0.15) is 16.7 Å². The summed E-state index contributed by atoms with van der Waals surface area (Å²) in [4.78, 5) is 11.6. The first-order chi connectivity index (χ1) is 12.2. The molecule has 1 unspecified atom stereocenters. The molecule has 2 N–H and O–H groups in total. The van der Waals surface area contributed by atoms with E-state index in [1.165, 1.54) is 12.8 Å². The highest BCUT2D eigenvalue weighted by Gasteiger charge is 2.21. The molecule has 1 atom stereocenters. The number of nitrogens with zero attached hydrogens (tertiary/aromatic N) is 3. The minimum Gasteiger partial charge on any atom is -0.493 e. The third kappa shape index (κ3) is 3.86. The van der Waals surface area contributed by atoms with Crippen LogP contribution in [0.25, 0.3) is 10.9 Å². The number of ether oxygens (including phenoxy) is 2. The van der Waals surface area contributed by atoms with Gasteiger partial charge in [-0.15, -0.1) is 0 Å². The van der Waals surface area contributed by atoms with Crippen LogP contribution in [0.15, 0.2) is 12.1 Å². The molecular weight excluding hydrogens is 336 g/mol. The van der Waals surface area contributed by atoms with E-state index in [0.717, 1.165) is 36.2 Å². The first-order valence-electron chi connectivity index (χ1n) is 8.72. The normalized spacial score (nSPS) is 18.2. The largest absolute Gasteiger partial charge is 0.493 e. The van der Waals surface area contributed by atoms with E-state index in [-0.39, 0.29) is 0 Å². The second-order valence-electron chi connectivity index (χ2n) is 6.15. The lowest BCUT2D eigenvalue weighted by Gasteiger charge is -2.24. The van der Waals surface area contributed by atoms with Gasteiger partial charge in [0, 0.05) is 29.8 Å². The number of anilines is 2. The zero-order valence-corrected chi connectivity index (χ0v) is 15.9. The van der Waals surface area contributed by atoms with Crippen molar-refractivity contribution in [1.29, 1.82) is 0 Å². The SMILES string of the molecule is CCSC1CCCCN(c2nc(N)c3cc(OC)c(OC)cc3n2)C1. The van der Waals surface area contributed by atoms with E-state index in [1.807, 2.05) is 23.9 Å². The van der Waals surface area contributed by atoms with Crippen LogP contribution in [-0.4, -0.2) is 48.3 Å². The molecule has 2 heterocycles. The summed E-state index contributed by atoms with van der Waals surface area (Å²) in [7, 11) is 3.23. The van der Waals surface area contributed by atoms with Crippen molar-refractivity contribution in [3.63, 3.8) is 0 Å². The van der Waals surface area contributed by atoms with Crippen LogP contribution in [-0.2, 0) is 0 Å². The quantitative estimate of drug-likeness (QED) is 0.874. The maximum absolute atomic E-state index is 6.23. The van der Waals surface area contributed by atoms with Crippen molar-refractivity contribution in [3.8, 4) is 11.5 Å². The van der Waals surface area contributed by atoms with Crippen molar-refractivity contribution in [3.05, 3.63) is 12.1 Å². The summed E-state index contributed by atoms with van der Waals surface area (Å²) >= 11 is 2.02. The van der Waals surface area contributed by atoms with E-state index in [4.69, 9.17) is 20.2 Å². The number of fused-ring (bicyclic) bond motifs is 1. The molecule has 1 saturated heterocycles. The molecule has 6 nitrogen and oxygen atoms in total. The molecule has 25 heavy (non-hydrogen) atoms. The second-order valence-corrected chi connectivity index (χ2v) is 7.73. The van der Waals surface area contributed by atoms with Crippen LogP contribution >= 0.6 is 11.8 Å². The number of methoxy groups -OCH3 is 2. The molecule has 136 valence electrons. The van der Waals surface area contributed by atoms with Gasteiger partial charge in [0.05, 0.1) is 19.7 Å². The molecule has 7 heteroatoms. The summed E-state index contributed by atoms with van der Waals surface area (Å²) in [6.07, 6.45) is 3.67. The fourth-order valence-corrected chi connectivity index (χ4v) is 4.35. The maximum Gasteiger partial charge on any atom is 0.227 e. The number of hydrogen-bond donors (Lipinski definition) is 1. The fraction of sp³-hybridized carbons (Fsp3) is 0.556. The lowest BCUT2D eigenvalue weighted by molar-refractivity contribution is 0.356. The van der Waals surface area contributed by atoms with Gasteiger partial charge in [0.25, 0.3) is 0 Å². The summed E-state index contributed by atoms with van der Waals surface area (Å²) < 4.78 is 10.7. The van der Waals surface area contributed by atoms with Crippen LogP contribution in [0.2, 0.25) is 0 Å². The lowest BCUT2D eigenvalue weighted by atomic mass is 10.2. The van der Waals surface area contributed by atoms with Gasteiger partial charge in [0.1, 0.15) is 5.82 Å². The van der Waals surface area contributed by atoms with E-state index in [0.29, 0.717) is 28.5 Å². The highest BCUT2D eigenvalue weighted by Crippen LogP contribution is 2.34. The zero-order valence-electron chi connectivity index (χ0n) is 15.1. The standard InChI is InChI=1S/C18H26N4O2S/c1-4-25-12-7-5-6-8-22(11-12)18-20-14-10-16(24-3)15(23-2)9-13(14)17(19)21-18/h9-10,12H,4-8,11H2,1-3H3,(H2,19,20,21). The average Bonchev–Trinajstić information content (AvgIpc) is 2.86. The van der Waals surface area contributed by atoms with E-state index in [2.05, 4.69) is 16.8 Å². The van der Waals surface area contributed by atoms with Gasteiger partial charge in [0.2, 0.25) is 5.95 Å². The molecule has 2 aromatic rings. The number of aromatic nitrogens is 2. The van der Waals surface area contributed by atoms with Gasteiger partial charge in [-0.05, 0) is 24.7 Å². The van der Waals surface area contributed by atoms with Gasteiger partial charge in [-0.25, -0.2) is 4.98 Å². The average molecular weight is 362 g/mol. The van der Waals surface area contributed by atoms with Gasteiger partial charge in [-0.1, -0.05) is 13.3 Å². The van der Waals surface area contributed by atoms with E-state index < -0.39 is 0 Å². The molecule has 0 saturated carbocycles. The van der Waals surface area contributed by atoms with E-state index >= 15 is 0 Å². The van der Waals surface area contributed by atoms with Crippen molar-refractivity contribution >= 4 is 34.4 Å². The molecular formula is C18H26N4O2S. The maximum atomic E-state index is 6.23. The van der Waals surface area contributed by atoms with Crippen molar-refractivity contribution < 1.29 is 9.47 Å². The number of rotatable bonds is 5. The molecule has 3 rings (SSSR count). The van der Waals surface area contributed by atoms with Gasteiger partial charge in [-0.3, -0.25) is 0 Å². The third-order valence-electron chi connectivity index (χ3n) is 4.53. The van der Waals surface area contributed by atoms with E-state index in [9.17, 15) is 0 Å². The first-order valence-corrected chi connectivity index (χ1v) is 9.77. The Bertz CT molecular complexity index is 741. The van der Waals surface area contributed by atoms with Crippen molar-refractivity contribution in [2.75, 3.05) is 43.7 Å². The molecule has 0 spiro atoms. The predicted octanol–water partition coefficient (Wildman–Crippen LogP) is 3.34. The van der Waals surface area contributed by atoms with Crippen molar-refractivity contribution in [2.45, 2.75) is 31.4 Å². The Morgan fingerprint density at radius 3 is 2.68 bits per heavy atom. The van der Waals surface area contributed by atoms with Crippen LogP contribution in [0.1, 0.15) is 26.2 Å². The zero-order chi connectivity index (χ0) is 17.8. The minimum absolute atomic E-state index is 0.477. The molecule has 0 radical (unpaired) electrons. The summed E-state index contributed by atoms with van der Waals surface area (Å²) in [6.45, 7) is 4.15. The van der Waals surface area contributed by atoms with Gasteiger partial charge in [0.15, 0.2) is 11.5 Å². The second kappa shape index (κ2) is 7.99. The Hall–Kier alpha value is -1.89.